The second-order valence-corrected chi connectivity index (χ2v) is 7.08. The smallest absolute Gasteiger partial charge is 0.276 e. The van der Waals surface area contributed by atoms with E-state index in [1.54, 1.807) is 4.90 Å². The third-order valence-electron chi connectivity index (χ3n) is 5.06. The van der Waals surface area contributed by atoms with E-state index in [-0.39, 0.29) is 5.91 Å². The van der Waals surface area contributed by atoms with Crippen LogP contribution in [-0.4, -0.2) is 27.0 Å². The molecule has 1 fully saturated rings. The van der Waals surface area contributed by atoms with Crippen LogP contribution in [0.25, 0.3) is 22.5 Å². The molecule has 2 heterocycles. The van der Waals surface area contributed by atoms with Gasteiger partial charge in [-0.15, -0.1) is 0 Å². The Morgan fingerprint density at radius 1 is 1.11 bits per heavy atom. The number of hydrogen-bond donors (Lipinski definition) is 1. The molecule has 1 N–H and O–H groups in total. The molecular formula is C22H21N3OS. The largest absolute Gasteiger partial charge is 0.328 e. The molecule has 0 atom stereocenters. The number of aromatic nitrogens is 1. The van der Waals surface area contributed by atoms with Crippen LogP contribution in [0.5, 0.6) is 0 Å². The summed E-state index contributed by atoms with van der Waals surface area (Å²) in [5, 5.41) is 5.92. The molecule has 1 aromatic heterocycles. The van der Waals surface area contributed by atoms with Crippen LogP contribution in [0.1, 0.15) is 23.9 Å². The van der Waals surface area contributed by atoms with Gasteiger partial charge in [0.1, 0.15) is 5.70 Å². The summed E-state index contributed by atoms with van der Waals surface area (Å²) in [6, 6.07) is 16.8. The number of hydrogen-bond acceptors (Lipinski definition) is 2. The summed E-state index contributed by atoms with van der Waals surface area (Å²) in [5.74, 6) is -0.0718. The standard InChI is InChI=1S/C22H21N3OS/c1-4-24-21(26)19(23-22(24)27)13-17-12-14(2)25(15(17)3)20-11-7-9-16-8-5-6-10-18(16)20/h5-13H,4H2,1-3H3,(H,23,27)/b19-13-. The molecule has 5 heteroatoms. The van der Waals surface area contributed by atoms with Crippen molar-refractivity contribution in [2.75, 3.05) is 6.54 Å². The van der Waals surface area contributed by atoms with E-state index in [9.17, 15) is 4.79 Å². The lowest BCUT2D eigenvalue weighted by Gasteiger charge is -2.13. The summed E-state index contributed by atoms with van der Waals surface area (Å²) in [7, 11) is 0. The molecule has 4 rings (SSSR count). The van der Waals surface area contributed by atoms with E-state index < -0.39 is 0 Å². The van der Waals surface area contributed by atoms with Gasteiger partial charge in [0, 0.05) is 23.3 Å². The molecule has 0 aliphatic carbocycles. The number of amides is 1. The van der Waals surface area contributed by atoms with Crippen LogP contribution < -0.4 is 5.32 Å². The Morgan fingerprint density at radius 2 is 1.85 bits per heavy atom. The van der Waals surface area contributed by atoms with Crippen molar-refractivity contribution in [3.8, 4) is 5.69 Å². The number of aryl methyl sites for hydroxylation is 1. The SMILES string of the molecule is CCN1C(=O)/C(=C/c2cc(C)n(-c3cccc4ccccc34)c2C)NC1=S. The highest BCUT2D eigenvalue weighted by atomic mass is 32.1. The highest BCUT2D eigenvalue weighted by molar-refractivity contribution is 7.80. The van der Waals surface area contributed by atoms with Gasteiger partial charge in [-0.1, -0.05) is 36.4 Å². The quantitative estimate of drug-likeness (QED) is 0.547. The molecule has 4 nitrogen and oxygen atoms in total. The highest BCUT2D eigenvalue weighted by Gasteiger charge is 2.29. The molecule has 136 valence electrons. The van der Waals surface area contributed by atoms with E-state index in [1.807, 2.05) is 13.0 Å². The van der Waals surface area contributed by atoms with E-state index in [0.29, 0.717) is 17.4 Å². The van der Waals surface area contributed by atoms with E-state index >= 15 is 0 Å². The predicted molar refractivity (Wildman–Crippen MR) is 114 cm³/mol. The Kier molecular flexibility index (Phi) is 4.32. The molecule has 27 heavy (non-hydrogen) atoms. The minimum absolute atomic E-state index is 0.0718. The normalized spacial score (nSPS) is 15.8. The summed E-state index contributed by atoms with van der Waals surface area (Å²) in [5.41, 5.74) is 4.89. The fourth-order valence-corrected chi connectivity index (χ4v) is 4.04. The van der Waals surface area contributed by atoms with Crippen molar-refractivity contribution < 1.29 is 4.79 Å². The van der Waals surface area contributed by atoms with E-state index in [0.717, 1.165) is 22.6 Å². The summed E-state index contributed by atoms with van der Waals surface area (Å²) in [6.07, 6.45) is 1.90. The number of benzene rings is 2. The second kappa shape index (κ2) is 6.67. The van der Waals surface area contributed by atoms with Crippen molar-refractivity contribution in [1.82, 2.24) is 14.8 Å². The second-order valence-electron chi connectivity index (χ2n) is 6.70. The van der Waals surface area contributed by atoms with Crippen LogP contribution in [0, 0.1) is 13.8 Å². The van der Waals surface area contributed by atoms with Gasteiger partial charge in [0.2, 0.25) is 0 Å². The Bertz CT molecular complexity index is 1100. The highest BCUT2D eigenvalue weighted by Crippen LogP contribution is 2.28. The monoisotopic (exact) mass is 375 g/mol. The first-order chi connectivity index (χ1) is 13.0. The van der Waals surface area contributed by atoms with Gasteiger partial charge in [-0.2, -0.15) is 0 Å². The van der Waals surface area contributed by atoms with Crippen LogP contribution in [0.2, 0.25) is 0 Å². The van der Waals surface area contributed by atoms with E-state index in [2.05, 4.69) is 72.3 Å². The van der Waals surface area contributed by atoms with Gasteiger partial charge in [0.25, 0.3) is 5.91 Å². The van der Waals surface area contributed by atoms with Crippen LogP contribution >= 0.6 is 12.2 Å². The Balaban J connectivity index is 1.83. The third kappa shape index (κ3) is 2.84. The van der Waals surface area contributed by atoms with Crippen LogP contribution in [0.4, 0.5) is 0 Å². The topological polar surface area (TPSA) is 37.3 Å². The molecule has 0 unspecified atom stereocenters. The van der Waals surface area contributed by atoms with Gasteiger partial charge in [-0.3, -0.25) is 9.69 Å². The Hall–Kier alpha value is -2.92. The van der Waals surface area contributed by atoms with Crippen molar-refractivity contribution in [1.29, 1.82) is 0 Å². The third-order valence-corrected chi connectivity index (χ3v) is 5.38. The first-order valence-corrected chi connectivity index (χ1v) is 9.43. The number of fused-ring (bicyclic) bond motifs is 1. The van der Waals surface area contributed by atoms with Gasteiger partial charge in [-0.05, 0) is 62.1 Å². The molecule has 2 aromatic carbocycles. The van der Waals surface area contributed by atoms with Crippen LogP contribution in [0.15, 0.2) is 54.2 Å². The molecule has 1 saturated heterocycles. The molecule has 0 saturated carbocycles. The average Bonchev–Trinajstić information content (AvgIpc) is 3.09. The molecule has 0 bridgehead atoms. The number of likely N-dealkylation sites (N-methyl/N-ethyl adjacent to an activating group) is 1. The lowest BCUT2D eigenvalue weighted by Crippen LogP contribution is -2.30. The zero-order valence-electron chi connectivity index (χ0n) is 15.6. The van der Waals surface area contributed by atoms with Gasteiger partial charge < -0.3 is 9.88 Å². The number of carbonyl (C=O) groups excluding carboxylic acids is 1. The Labute approximate surface area is 164 Å². The Morgan fingerprint density at radius 3 is 2.59 bits per heavy atom. The average molecular weight is 375 g/mol. The molecule has 1 aliphatic heterocycles. The summed E-state index contributed by atoms with van der Waals surface area (Å²) in [6.45, 7) is 6.65. The first-order valence-electron chi connectivity index (χ1n) is 9.03. The zero-order chi connectivity index (χ0) is 19.1. The van der Waals surface area contributed by atoms with Crippen molar-refractivity contribution in [2.45, 2.75) is 20.8 Å². The van der Waals surface area contributed by atoms with Gasteiger partial charge in [0.05, 0.1) is 5.69 Å². The summed E-state index contributed by atoms with van der Waals surface area (Å²) >= 11 is 5.25. The molecule has 1 amide bonds. The van der Waals surface area contributed by atoms with Crippen molar-refractivity contribution >= 4 is 40.1 Å². The maximum Gasteiger partial charge on any atom is 0.276 e. The molecule has 3 aromatic rings. The fraction of sp³-hybridized carbons (Fsp3) is 0.182. The van der Waals surface area contributed by atoms with Gasteiger partial charge in [0.15, 0.2) is 5.11 Å². The summed E-state index contributed by atoms with van der Waals surface area (Å²) < 4.78 is 2.24. The lowest BCUT2D eigenvalue weighted by molar-refractivity contribution is -0.122. The van der Waals surface area contributed by atoms with Gasteiger partial charge in [-0.25, -0.2) is 0 Å². The van der Waals surface area contributed by atoms with Gasteiger partial charge >= 0.3 is 0 Å². The molecular weight excluding hydrogens is 354 g/mol. The first kappa shape index (κ1) is 17.5. The molecule has 1 aliphatic rings. The summed E-state index contributed by atoms with van der Waals surface area (Å²) in [4.78, 5) is 14.1. The van der Waals surface area contributed by atoms with E-state index in [4.69, 9.17) is 12.2 Å². The number of rotatable bonds is 3. The van der Waals surface area contributed by atoms with Crippen molar-refractivity contribution in [2.24, 2.45) is 0 Å². The van der Waals surface area contributed by atoms with Crippen LogP contribution in [0.3, 0.4) is 0 Å². The maximum atomic E-state index is 12.5. The number of nitrogens with one attached hydrogen (secondary N) is 1. The maximum absolute atomic E-state index is 12.5. The minimum Gasteiger partial charge on any atom is -0.328 e. The minimum atomic E-state index is -0.0718. The predicted octanol–water partition coefficient (Wildman–Crippen LogP) is 4.32. The molecule has 0 spiro atoms. The van der Waals surface area contributed by atoms with E-state index in [1.165, 1.54) is 10.8 Å². The lowest BCUT2D eigenvalue weighted by atomic mass is 10.1. The van der Waals surface area contributed by atoms with Crippen molar-refractivity contribution in [3.05, 3.63) is 71.2 Å². The number of nitrogens with zero attached hydrogens (tertiary/aromatic N) is 2. The van der Waals surface area contributed by atoms with Crippen molar-refractivity contribution in [3.63, 3.8) is 0 Å². The number of thiocarbonyl (C=S) groups is 1. The van der Waals surface area contributed by atoms with Crippen LogP contribution in [-0.2, 0) is 4.79 Å². The molecule has 0 radical (unpaired) electrons. The fourth-order valence-electron chi connectivity index (χ4n) is 3.72. The zero-order valence-corrected chi connectivity index (χ0v) is 16.4. The number of carbonyl (C=O) groups is 1.